The SMILES string of the molecule is CNC(=O)c1cc(NCCN(Cc2ccccc2)c2ccccn2)ccn1. The lowest BCUT2D eigenvalue weighted by molar-refractivity contribution is 0.0958. The normalized spacial score (nSPS) is 10.3. The van der Waals surface area contributed by atoms with E-state index in [1.807, 2.05) is 42.5 Å². The predicted octanol–water partition coefficient (Wildman–Crippen LogP) is 2.95. The first-order valence-corrected chi connectivity index (χ1v) is 8.88. The molecule has 6 nitrogen and oxygen atoms in total. The minimum atomic E-state index is -0.196. The smallest absolute Gasteiger partial charge is 0.269 e. The number of carbonyl (C=O) groups is 1. The minimum Gasteiger partial charge on any atom is -0.383 e. The molecule has 0 aliphatic carbocycles. The average molecular weight is 361 g/mol. The molecular weight excluding hydrogens is 338 g/mol. The Kier molecular flexibility index (Phi) is 6.35. The van der Waals surface area contributed by atoms with Crippen molar-refractivity contribution in [2.45, 2.75) is 6.54 Å². The summed E-state index contributed by atoms with van der Waals surface area (Å²) in [5.41, 5.74) is 2.49. The van der Waals surface area contributed by atoms with Gasteiger partial charge in [-0.25, -0.2) is 4.98 Å². The zero-order valence-corrected chi connectivity index (χ0v) is 15.3. The summed E-state index contributed by atoms with van der Waals surface area (Å²) in [6, 6.07) is 19.9. The summed E-state index contributed by atoms with van der Waals surface area (Å²) in [6.07, 6.45) is 3.44. The Bertz CT molecular complexity index is 855. The van der Waals surface area contributed by atoms with E-state index < -0.39 is 0 Å². The largest absolute Gasteiger partial charge is 0.383 e. The summed E-state index contributed by atoms with van der Waals surface area (Å²) in [5, 5.41) is 5.95. The van der Waals surface area contributed by atoms with Crippen LogP contribution in [-0.2, 0) is 6.54 Å². The molecule has 2 aromatic heterocycles. The molecule has 1 amide bonds. The molecule has 1 aromatic carbocycles. The van der Waals surface area contributed by atoms with Crippen molar-refractivity contribution in [2.75, 3.05) is 30.4 Å². The number of pyridine rings is 2. The van der Waals surface area contributed by atoms with E-state index in [0.717, 1.165) is 24.6 Å². The molecule has 138 valence electrons. The third-order valence-electron chi connectivity index (χ3n) is 4.12. The number of benzene rings is 1. The van der Waals surface area contributed by atoms with E-state index in [0.29, 0.717) is 12.2 Å². The highest BCUT2D eigenvalue weighted by atomic mass is 16.1. The molecule has 3 rings (SSSR count). The van der Waals surface area contributed by atoms with Crippen molar-refractivity contribution in [1.29, 1.82) is 0 Å². The Morgan fingerprint density at radius 3 is 2.56 bits per heavy atom. The monoisotopic (exact) mass is 361 g/mol. The van der Waals surface area contributed by atoms with Gasteiger partial charge in [-0.2, -0.15) is 0 Å². The number of rotatable bonds is 8. The van der Waals surface area contributed by atoms with Crippen molar-refractivity contribution in [2.24, 2.45) is 0 Å². The molecular formula is C21H23N5O. The Hall–Kier alpha value is -3.41. The molecule has 0 saturated heterocycles. The summed E-state index contributed by atoms with van der Waals surface area (Å²) < 4.78 is 0. The van der Waals surface area contributed by atoms with E-state index in [9.17, 15) is 4.79 Å². The van der Waals surface area contributed by atoms with Gasteiger partial charge in [-0.05, 0) is 29.8 Å². The molecule has 0 atom stereocenters. The van der Waals surface area contributed by atoms with Gasteiger partial charge in [-0.15, -0.1) is 0 Å². The summed E-state index contributed by atoms with van der Waals surface area (Å²) in [4.78, 5) is 22.5. The van der Waals surface area contributed by atoms with Gasteiger partial charge < -0.3 is 15.5 Å². The highest BCUT2D eigenvalue weighted by Crippen LogP contribution is 2.14. The average Bonchev–Trinajstić information content (AvgIpc) is 2.74. The van der Waals surface area contributed by atoms with Gasteiger partial charge in [0.15, 0.2) is 0 Å². The fourth-order valence-electron chi connectivity index (χ4n) is 2.75. The Balaban J connectivity index is 1.65. The number of nitrogens with zero attached hydrogens (tertiary/aromatic N) is 3. The maximum Gasteiger partial charge on any atom is 0.269 e. The van der Waals surface area contributed by atoms with E-state index >= 15 is 0 Å². The molecule has 0 aliphatic heterocycles. The van der Waals surface area contributed by atoms with Crippen LogP contribution in [0.25, 0.3) is 0 Å². The van der Waals surface area contributed by atoms with Crippen LogP contribution < -0.4 is 15.5 Å². The Morgan fingerprint density at radius 1 is 1.00 bits per heavy atom. The number of aromatic nitrogens is 2. The predicted molar refractivity (Wildman–Crippen MR) is 108 cm³/mol. The summed E-state index contributed by atoms with van der Waals surface area (Å²) >= 11 is 0. The maximum absolute atomic E-state index is 11.7. The van der Waals surface area contributed by atoms with Crippen molar-refractivity contribution < 1.29 is 4.79 Å². The molecule has 0 unspecified atom stereocenters. The summed E-state index contributed by atoms with van der Waals surface area (Å²) in [5.74, 6) is 0.738. The Labute approximate surface area is 159 Å². The van der Waals surface area contributed by atoms with Crippen LogP contribution in [0, 0.1) is 0 Å². The second-order valence-electron chi connectivity index (χ2n) is 6.03. The van der Waals surface area contributed by atoms with Gasteiger partial charge in [-0.3, -0.25) is 9.78 Å². The first kappa shape index (κ1) is 18.4. The van der Waals surface area contributed by atoms with E-state index in [4.69, 9.17) is 0 Å². The molecule has 2 heterocycles. The van der Waals surface area contributed by atoms with Gasteiger partial charge in [-0.1, -0.05) is 36.4 Å². The standard InChI is InChI=1S/C21H23N5O/c1-22-21(27)19-15-18(10-12-24-19)23-13-14-26(20-9-5-6-11-25-20)16-17-7-3-2-4-8-17/h2-12,15H,13-14,16H2,1H3,(H,22,27)(H,23,24). The van der Waals surface area contributed by atoms with E-state index in [1.165, 1.54) is 5.56 Å². The van der Waals surface area contributed by atoms with Crippen LogP contribution >= 0.6 is 0 Å². The van der Waals surface area contributed by atoms with Crippen molar-refractivity contribution in [3.8, 4) is 0 Å². The fraction of sp³-hybridized carbons (Fsp3) is 0.190. The quantitative estimate of drug-likeness (QED) is 0.645. The molecule has 2 N–H and O–H groups in total. The zero-order chi connectivity index (χ0) is 18.9. The number of nitrogens with one attached hydrogen (secondary N) is 2. The van der Waals surface area contributed by atoms with Gasteiger partial charge in [0.05, 0.1) is 0 Å². The number of anilines is 2. The highest BCUT2D eigenvalue weighted by molar-refractivity contribution is 5.92. The van der Waals surface area contributed by atoms with Crippen molar-refractivity contribution in [3.05, 3.63) is 84.3 Å². The van der Waals surface area contributed by atoms with Crippen LogP contribution in [0.4, 0.5) is 11.5 Å². The van der Waals surface area contributed by atoms with Crippen molar-refractivity contribution in [3.63, 3.8) is 0 Å². The van der Waals surface area contributed by atoms with Crippen LogP contribution in [0.15, 0.2) is 73.1 Å². The maximum atomic E-state index is 11.7. The molecule has 0 aliphatic rings. The molecule has 0 bridgehead atoms. The third-order valence-corrected chi connectivity index (χ3v) is 4.12. The highest BCUT2D eigenvalue weighted by Gasteiger charge is 2.09. The van der Waals surface area contributed by atoms with Crippen LogP contribution in [0.3, 0.4) is 0 Å². The lowest BCUT2D eigenvalue weighted by Gasteiger charge is -2.24. The molecule has 0 spiro atoms. The van der Waals surface area contributed by atoms with Gasteiger partial charge in [0.25, 0.3) is 5.91 Å². The molecule has 0 saturated carbocycles. The van der Waals surface area contributed by atoms with Gasteiger partial charge in [0.2, 0.25) is 0 Å². The topological polar surface area (TPSA) is 70.2 Å². The van der Waals surface area contributed by atoms with E-state index in [2.05, 4.69) is 37.6 Å². The van der Waals surface area contributed by atoms with Crippen molar-refractivity contribution >= 4 is 17.4 Å². The molecule has 0 radical (unpaired) electrons. The third kappa shape index (κ3) is 5.28. The zero-order valence-electron chi connectivity index (χ0n) is 15.3. The van der Waals surface area contributed by atoms with Crippen LogP contribution in [-0.4, -0.2) is 36.0 Å². The second kappa shape index (κ2) is 9.33. The minimum absolute atomic E-state index is 0.196. The first-order valence-electron chi connectivity index (χ1n) is 8.88. The van der Waals surface area contributed by atoms with E-state index in [-0.39, 0.29) is 5.91 Å². The number of hydrogen-bond donors (Lipinski definition) is 2. The van der Waals surface area contributed by atoms with Gasteiger partial charge in [0, 0.05) is 44.8 Å². The Morgan fingerprint density at radius 2 is 1.81 bits per heavy atom. The van der Waals surface area contributed by atoms with Crippen LogP contribution in [0.5, 0.6) is 0 Å². The first-order chi connectivity index (χ1) is 13.3. The van der Waals surface area contributed by atoms with Crippen molar-refractivity contribution in [1.82, 2.24) is 15.3 Å². The van der Waals surface area contributed by atoms with E-state index in [1.54, 1.807) is 25.5 Å². The lowest BCUT2D eigenvalue weighted by atomic mass is 10.2. The molecule has 6 heteroatoms. The molecule has 0 fully saturated rings. The summed E-state index contributed by atoms with van der Waals surface area (Å²) in [6.45, 7) is 2.25. The lowest BCUT2D eigenvalue weighted by Crippen LogP contribution is -2.29. The molecule has 27 heavy (non-hydrogen) atoms. The van der Waals surface area contributed by atoms with Crippen LogP contribution in [0.1, 0.15) is 16.1 Å². The molecule has 3 aromatic rings. The fourth-order valence-corrected chi connectivity index (χ4v) is 2.75. The second-order valence-corrected chi connectivity index (χ2v) is 6.03. The van der Waals surface area contributed by atoms with Crippen LogP contribution in [0.2, 0.25) is 0 Å². The number of hydrogen-bond acceptors (Lipinski definition) is 5. The summed E-state index contributed by atoms with van der Waals surface area (Å²) in [7, 11) is 1.60. The number of carbonyl (C=O) groups excluding carboxylic acids is 1. The number of amides is 1. The van der Waals surface area contributed by atoms with Gasteiger partial charge in [0.1, 0.15) is 11.5 Å². The van der Waals surface area contributed by atoms with Gasteiger partial charge >= 0.3 is 0 Å².